The lowest BCUT2D eigenvalue weighted by Gasteiger charge is -2.46. The Labute approximate surface area is 142 Å². The van der Waals surface area contributed by atoms with Gasteiger partial charge < -0.3 is 4.90 Å². The summed E-state index contributed by atoms with van der Waals surface area (Å²) in [5, 5.41) is 0. The van der Waals surface area contributed by atoms with Gasteiger partial charge in [-0.15, -0.1) is 0 Å². The molecule has 6 heteroatoms. The molecular formula is C18H26FNO4. The first kappa shape index (κ1) is 17.6. The zero-order chi connectivity index (χ0) is 17.2. The second kappa shape index (κ2) is 7.35. The molecule has 0 bridgehead atoms. The van der Waals surface area contributed by atoms with Gasteiger partial charge in [0.15, 0.2) is 13.5 Å². The molecule has 0 aromatic heterocycles. The Kier molecular flexibility index (Phi) is 5.39. The van der Waals surface area contributed by atoms with E-state index in [0.29, 0.717) is 17.5 Å². The van der Waals surface area contributed by atoms with Gasteiger partial charge in [0.1, 0.15) is 5.82 Å². The summed E-state index contributed by atoms with van der Waals surface area (Å²) in [7, 11) is 0. The van der Waals surface area contributed by atoms with E-state index in [0.717, 1.165) is 19.3 Å². The van der Waals surface area contributed by atoms with Crippen LogP contribution < -0.4 is 4.90 Å². The lowest BCUT2D eigenvalue weighted by molar-refractivity contribution is -0.542. The maximum Gasteiger partial charge on any atom is 0.237 e. The van der Waals surface area contributed by atoms with E-state index in [4.69, 9.17) is 19.6 Å². The van der Waals surface area contributed by atoms with Crippen molar-refractivity contribution >= 4 is 5.69 Å². The normalized spacial score (nSPS) is 28.0. The quantitative estimate of drug-likeness (QED) is 0.754. The van der Waals surface area contributed by atoms with E-state index in [1.165, 1.54) is 12.1 Å². The third-order valence-electron chi connectivity index (χ3n) is 4.96. The van der Waals surface area contributed by atoms with Gasteiger partial charge in [0.05, 0.1) is 0 Å². The summed E-state index contributed by atoms with van der Waals surface area (Å²) in [5.74, 6) is -0.113. The fourth-order valence-corrected chi connectivity index (χ4v) is 3.71. The van der Waals surface area contributed by atoms with Crippen molar-refractivity contribution in [3.05, 3.63) is 30.1 Å². The van der Waals surface area contributed by atoms with Gasteiger partial charge in [-0.1, -0.05) is 33.3 Å². The van der Waals surface area contributed by atoms with Crippen LogP contribution in [0.4, 0.5) is 10.1 Å². The number of hydrogen-bond donors (Lipinski definition) is 0. The van der Waals surface area contributed by atoms with Crippen molar-refractivity contribution in [3.8, 4) is 0 Å². The molecule has 2 aliphatic rings. The van der Waals surface area contributed by atoms with Gasteiger partial charge in [-0.3, -0.25) is 0 Å². The Morgan fingerprint density at radius 1 is 1.17 bits per heavy atom. The summed E-state index contributed by atoms with van der Waals surface area (Å²) < 4.78 is 13.4. The van der Waals surface area contributed by atoms with E-state index in [9.17, 15) is 4.39 Å². The standard InChI is InChI=1S/C18H26FNO4/c1-13(2)17-8-7-14(3)10-18(17)23-21-11-20(12-22-24-18)16-6-4-5-15(19)9-16/h4-6,9,13-14,17H,7-8,10-12H2,1-3H3/t14-,17+/m1/s1. The highest BCUT2D eigenvalue weighted by Crippen LogP contribution is 2.45. The van der Waals surface area contributed by atoms with E-state index in [2.05, 4.69) is 20.8 Å². The largest absolute Gasteiger partial charge is 0.320 e. The summed E-state index contributed by atoms with van der Waals surface area (Å²) in [6.45, 7) is 6.80. The Morgan fingerprint density at radius 2 is 1.88 bits per heavy atom. The van der Waals surface area contributed by atoms with Crippen LogP contribution in [0.15, 0.2) is 24.3 Å². The number of benzene rings is 1. The van der Waals surface area contributed by atoms with Crippen molar-refractivity contribution in [2.45, 2.75) is 45.8 Å². The van der Waals surface area contributed by atoms with Crippen LogP contribution in [0.1, 0.15) is 40.0 Å². The van der Waals surface area contributed by atoms with Gasteiger partial charge in [0, 0.05) is 18.0 Å². The van der Waals surface area contributed by atoms with Gasteiger partial charge in [0.2, 0.25) is 5.79 Å². The molecule has 1 aliphatic carbocycles. The maximum absolute atomic E-state index is 13.4. The average Bonchev–Trinajstić information content (AvgIpc) is 2.51. The summed E-state index contributed by atoms with van der Waals surface area (Å²) >= 11 is 0. The molecule has 1 saturated heterocycles. The Hall–Kier alpha value is -1.21. The van der Waals surface area contributed by atoms with E-state index in [-0.39, 0.29) is 25.2 Å². The highest BCUT2D eigenvalue weighted by molar-refractivity contribution is 5.45. The molecule has 2 atom stereocenters. The highest BCUT2D eigenvalue weighted by atomic mass is 19.1. The monoisotopic (exact) mass is 339 g/mol. The van der Waals surface area contributed by atoms with Gasteiger partial charge in [-0.25, -0.2) is 14.2 Å². The predicted octanol–water partition coefficient (Wildman–Crippen LogP) is 4.25. The summed E-state index contributed by atoms with van der Waals surface area (Å²) in [5.41, 5.74) is 0.649. The van der Waals surface area contributed by atoms with Crippen LogP contribution in [0, 0.1) is 23.6 Å². The highest BCUT2D eigenvalue weighted by Gasteiger charge is 2.50. The van der Waals surface area contributed by atoms with Crippen molar-refractivity contribution in [1.29, 1.82) is 0 Å². The van der Waals surface area contributed by atoms with Crippen molar-refractivity contribution in [1.82, 2.24) is 0 Å². The molecule has 24 heavy (non-hydrogen) atoms. The fraction of sp³-hybridized carbons (Fsp3) is 0.667. The molecule has 1 aliphatic heterocycles. The van der Waals surface area contributed by atoms with Crippen LogP contribution in [0.2, 0.25) is 0 Å². The molecular weight excluding hydrogens is 313 g/mol. The van der Waals surface area contributed by atoms with Gasteiger partial charge in [-0.05, 0) is 36.5 Å². The van der Waals surface area contributed by atoms with Crippen LogP contribution in [0.3, 0.4) is 0 Å². The fourth-order valence-electron chi connectivity index (χ4n) is 3.71. The predicted molar refractivity (Wildman–Crippen MR) is 87.0 cm³/mol. The summed E-state index contributed by atoms with van der Waals surface area (Å²) in [6.07, 6.45) is 2.89. The van der Waals surface area contributed by atoms with Crippen LogP contribution in [0.25, 0.3) is 0 Å². The minimum Gasteiger partial charge on any atom is -0.320 e. The molecule has 0 radical (unpaired) electrons. The average molecular weight is 339 g/mol. The van der Waals surface area contributed by atoms with Crippen molar-refractivity contribution < 1.29 is 23.9 Å². The first-order chi connectivity index (χ1) is 11.5. The summed E-state index contributed by atoms with van der Waals surface area (Å²) in [4.78, 5) is 24.2. The third-order valence-corrected chi connectivity index (χ3v) is 4.96. The minimum atomic E-state index is -0.875. The van der Waals surface area contributed by atoms with Gasteiger partial charge in [-0.2, -0.15) is 9.78 Å². The third kappa shape index (κ3) is 3.72. The first-order valence-corrected chi connectivity index (χ1v) is 8.62. The zero-order valence-corrected chi connectivity index (χ0v) is 14.5. The van der Waals surface area contributed by atoms with Crippen LogP contribution in [0.5, 0.6) is 0 Å². The molecule has 1 aromatic rings. The number of rotatable bonds is 2. The maximum atomic E-state index is 13.4. The number of anilines is 1. The van der Waals surface area contributed by atoms with Crippen molar-refractivity contribution in [2.75, 3.05) is 18.4 Å². The molecule has 0 amide bonds. The molecule has 1 spiro atoms. The van der Waals surface area contributed by atoms with Crippen LogP contribution >= 0.6 is 0 Å². The molecule has 2 fully saturated rings. The van der Waals surface area contributed by atoms with Crippen LogP contribution in [-0.2, 0) is 19.6 Å². The van der Waals surface area contributed by atoms with Gasteiger partial charge >= 0.3 is 0 Å². The lowest BCUT2D eigenvalue weighted by Crippen LogP contribution is -2.52. The number of halogens is 1. The molecule has 134 valence electrons. The SMILES string of the molecule is CC(C)[C@@H]1CC[C@@H](C)CC12OOCN(c1cccc(F)c1)COO2. The van der Waals surface area contributed by atoms with Crippen molar-refractivity contribution in [2.24, 2.45) is 17.8 Å². The molecule has 1 heterocycles. The number of nitrogens with zero attached hydrogens (tertiary/aromatic N) is 1. The molecule has 3 rings (SSSR count). The Morgan fingerprint density at radius 3 is 2.50 bits per heavy atom. The molecule has 5 nitrogen and oxygen atoms in total. The Bertz CT molecular complexity index is 544. The zero-order valence-electron chi connectivity index (χ0n) is 14.5. The second-order valence-electron chi connectivity index (χ2n) is 7.23. The summed E-state index contributed by atoms with van der Waals surface area (Å²) in [6, 6.07) is 6.24. The molecule has 0 N–H and O–H groups in total. The number of hydrogen-bond acceptors (Lipinski definition) is 5. The van der Waals surface area contributed by atoms with E-state index in [1.54, 1.807) is 17.0 Å². The topological polar surface area (TPSA) is 40.2 Å². The molecule has 1 saturated carbocycles. The van der Waals surface area contributed by atoms with E-state index >= 15 is 0 Å². The second-order valence-corrected chi connectivity index (χ2v) is 7.23. The molecule has 0 unspecified atom stereocenters. The molecule has 1 aromatic carbocycles. The van der Waals surface area contributed by atoms with E-state index in [1.807, 2.05) is 0 Å². The smallest absolute Gasteiger partial charge is 0.237 e. The Balaban J connectivity index is 1.71. The van der Waals surface area contributed by atoms with Crippen LogP contribution in [-0.4, -0.2) is 19.2 Å². The van der Waals surface area contributed by atoms with Gasteiger partial charge in [0.25, 0.3) is 0 Å². The van der Waals surface area contributed by atoms with E-state index < -0.39 is 5.79 Å². The van der Waals surface area contributed by atoms with Crippen molar-refractivity contribution in [3.63, 3.8) is 0 Å². The minimum absolute atomic E-state index is 0.147. The first-order valence-electron chi connectivity index (χ1n) is 8.62. The lowest BCUT2D eigenvalue weighted by atomic mass is 9.73.